The first kappa shape index (κ1) is 23.8. The molecule has 34 heavy (non-hydrogen) atoms. The van der Waals surface area contributed by atoms with Gasteiger partial charge in [-0.05, 0) is 60.8 Å². The number of amides is 2. The van der Waals surface area contributed by atoms with Crippen LogP contribution in [0, 0.1) is 5.92 Å². The van der Waals surface area contributed by atoms with E-state index in [0.29, 0.717) is 18.8 Å². The fourth-order valence-corrected chi connectivity index (χ4v) is 5.20. The summed E-state index contributed by atoms with van der Waals surface area (Å²) < 4.78 is 5.51. The molecule has 2 aromatic rings. The van der Waals surface area contributed by atoms with Gasteiger partial charge in [0.05, 0.1) is 0 Å². The van der Waals surface area contributed by atoms with Gasteiger partial charge in [-0.25, -0.2) is 9.59 Å². The van der Waals surface area contributed by atoms with E-state index in [1.807, 2.05) is 36.4 Å². The van der Waals surface area contributed by atoms with E-state index < -0.39 is 29.6 Å². The van der Waals surface area contributed by atoms with Gasteiger partial charge >= 0.3 is 12.1 Å². The van der Waals surface area contributed by atoms with Crippen molar-refractivity contribution in [1.29, 1.82) is 0 Å². The number of hydrogen-bond acceptors (Lipinski definition) is 4. The normalized spacial score (nSPS) is 22.2. The van der Waals surface area contributed by atoms with E-state index in [1.54, 1.807) is 0 Å². The van der Waals surface area contributed by atoms with Crippen molar-refractivity contribution in [2.24, 2.45) is 5.92 Å². The highest BCUT2D eigenvalue weighted by atomic mass is 16.5. The average Bonchev–Trinajstić information content (AvgIpc) is 3.16. The largest absolute Gasteiger partial charge is 0.480 e. The monoisotopic (exact) mass is 464 g/mol. The summed E-state index contributed by atoms with van der Waals surface area (Å²) in [5, 5.41) is 15.0. The number of carboxylic acids is 1. The number of fused-ring (bicyclic) bond motifs is 3. The number of carbonyl (C=O) groups is 3. The first-order chi connectivity index (χ1) is 16.3. The first-order valence-electron chi connectivity index (χ1n) is 12.0. The van der Waals surface area contributed by atoms with Crippen LogP contribution in [0.25, 0.3) is 11.1 Å². The van der Waals surface area contributed by atoms with E-state index >= 15 is 0 Å². The van der Waals surface area contributed by atoms with Gasteiger partial charge in [0.1, 0.15) is 18.2 Å². The van der Waals surface area contributed by atoms with Crippen LogP contribution in [-0.4, -0.2) is 41.3 Å². The molecule has 2 aliphatic carbocycles. The Bertz CT molecular complexity index is 1030. The zero-order chi connectivity index (χ0) is 24.3. The van der Waals surface area contributed by atoms with Gasteiger partial charge in [-0.1, -0.05) is 61.9 Å². The Hall–Kier alpha value is -3.35. The molecule has 0 bridgehead atoms. The number of ether oxygens (including phenoxy) is 1. The molecule has 3 N–H and O–H groups in total. The third-order valence-electron chi connectivity index (χ3n) is 7.38. The summed E-state index contributed by atoms with van der Waals surface area (Å²) in [5.41, 5.74) is 3.20. The molecule has 7 heteroatoms. The molecule has 0 saturated heterocycles. The molecule has 0 aromatic heterocycles. The van der Waals surface area contributed by atoms with Gasteiger partial charge in [0.2, 0.25) is 5.91 Å². The molecule has 2 amide bonds. The van der Waals surface area contributed by atoms with Crippen LogP contribution in [0.2, 0.25) is 0 Å². The second-order valence-corrected chi connectivity index (χ2v) is 9.42. The van der Waals surface area contributed by atoms with Gasteiger partial charge in [-0.3, -0.25) is 4.79 Å². The van der Waals surface area contributed by atoms with Crippen molar-refractivity contribution in [3.05, 3.63) is 59.7 Å². The lowest BCUT2D eigenvalue weighted by Crippen LogP contribution is -2.60. The van der Waals surface area contributed by atoms with Crippen LogP contribution < -0.4 is 10.6 Å². The molecule has 1 atom stereocenters. The third-order valence-corrected chi connectivity index (χ3v) is 7.38. The van der Waals surface area contributed by atoms with Crippen molar-refractivity contribution in [3.63, 3.8) is 0 Å². The van der Waals surface area contributed by atoms with E-state index in [1.165, 1.54) is 6.92 Å². The summed E-state index contributed by atoms with van der Waals surface area (Å²) in [5.74, 6) is -1.14. The quantitative estimate of drug-likeness (QED) is 0.561. The maximum atomic E-state index is 12.8. The van der Waals surface area contributed by atoms with Crippen LogP contribution in [0.3, 0.4) is 0 Å². The van der Waals surface area contributed by atoms with Gasteiger partial charge in [-0.2, -0.15) is 0 Å². The standard InChI is InChI=1S/C27H32N2O5/c1-3-18-12-14-27(15-13-18,25(31)32)29-24(30)17(2)28-26(33)34-16-23-21-10-6-4-8-19(21)20-9-5-7-11-22(20)23/h4-11,17-18,23H,3,12-16H2,1-2H3,(H,28,33)(H,29,30)(H,31,32)/t17-,18?,27?/m1/s1. The minimum Gasteiger partial charge on any atom is -0.480 e. The number of hydrogen-bond donors (Lipinski definition) is 3. The number of alkyl carbamates (subject to hydrolysis) is 1. The Morgan fingerprint density at radius 1 is 1.03 bits per heavy atom. The van der Waals surface area contributed by atoms with Crippen LogP contribution in [0.4, 0.5) is 4.79 Å². The predicted molar refractivity (Wildman–Crippen MR) is 128 cm³/mol. The molecule has 180 valence electrons. The molecule has 0 heterocycles. The Kier molecular flexibility index (Phi) is 6.91. The van der Waals surface area contributed by atoms with Crippen molar-refractivity contribution in [2.45, 2.75) is 63.5 Å². The SMILES string of the molecule is CCC1CCC(NC(=O)[C@@H](C)NC(=O)OCC2c3ccccc3-c3ccccc32)(C(=O)O)CC1. The zero-order valence-electron chi connectivity index (χ0n) is 19.7. The maximum absolute atomic E-state index is 12.8. The van der Waals surface area contributed by atoms with Crippen LogP contribution >= 0.6 is 0 Å². The van der Waals surface area contributed by atoms with E-state index in [9.17, 15) is 19.5 Å². The van der Waals surface area contributed by atoms with Crippen molar-refractivity contribution in [1.82, 2.24) is 10.6 Å². The number of carbonyl (C=O) groups excluding carboxylic acids is 2. The molecule has 1 fully saturated rings. The van der Waals surface area contributed by atoms with Gasteiger partial charge in [0, 0.05) is 5.92 Å². The summed E-state index contributed by atoms with van der Waals surface area (Å²) >= 11 is 0. The second kappa shape index (κ2) is 9.87. The lowest BCUT2D eigenvalue weighted by atomic mass is 9.75. The number of carboxylic acid groups (broad SMARTS) is 1. The molecule has 0 aliphatic heterocycles. The number of benzene rings is 2. The molecular weight excluding hydrogens is 432 g/mol. The average molecular weight is 465 g/mol. The van der Waals surface area contributed by atoms with Crippen LogP contribution in [0.1, 0.15) is 63.0 Å². The van der Waals surface area contributed by atoms with E-state index in [-0.39, 0.29) is 12.5 Å². The number of nitrogens with one attached hydrogen (secondary N) is 2. The van der Waals surface area contributed by atoms with E-state index in [4.69, 9.17) is 4.74 Å². The van der Waals surface area contributed by atoms with Gasteiger partial charge in [0.15, 0.2) is 0 Å². The molecule has 4 rings (SSSR count). The molecule has 0 radical (unpaired) electrons. The third kappa shape index (κ3) is 4.65. The second-order valence-electron chi connectivity index (χ2n) is 9.42. The summed E-state index contributed by atoms with van der Waals surface area (Å²) in [4.78, 5) is 37.2. The lowest BCUT2D eigenvalue weighted by molar-refractivity contribution is -0.150. The molecule has 2 aromatic carbocycles. The molecule has 7 nitrogen and oxygen atoms in total. The van der Waals surface area contributed by atoms with E-state index in [2.05, 4.69) is 29.7 Å². The highest BCUT2D eigenvalue weighted by Crippen LogP contribution is 2.44. The Balaban J connectivity index is 1.34. The van der Waals surface area contributed by atoms with Crippen LogP contribution in [0.5, 0.6) is 0 Å². The van der Waals surface area contributed by atoms with Crippen molar-refractivity contribution in [3.8, 4) is 11.1 Å². The summed E-state index contributed by atoms with van der Waals surface area (Å²) in [6, 6.07) is 15.2. The fourth-order valence-electron chi connectivity index (χ4n) is 5.20. The molecular formula is C27H32N2O5. The lowest BCUT2D eigenvalue weighted by Gasteiger charge is -2.37. The molecule has 1 saturated carbocycles. The number of rotatable bonds is 7. The highest BCUT2D eigenvalue weighted by molar-refractivity contribution is 5.91. The Morgan fingerprint density at radius 2 is 1.59 bits per heavy atom. The van der Waals surface area contributed by atoms with Crippen LogP contribution in [0.15, 0.2) is 48.5 Å². The van der Waals surface area contributed by atoms with Gasteiger partial charge < -0.3 is 20.5 Å². The summed E-state index contributed by atoms with van der Waals surface area (Å²) in [6.07, 6.45) is 2.61. The molecule has 2 aliphatic rings. The fraction of sp³-hybridized carbons (Fsp3) is 0.444. The van der Waals surface area contributed by atoms with Gasteiger partial charge in [0.25, 0.3) is 0 Å². The smallest absolute Gasteiger partial charge is 0.407 e. The zero-order valence-corrected chi connectivity index (χ0v) is 19.7. The predicted octanol–water partition coefficient (Wildman–Crippen LogP) is 4.45. The molecule has 0 unspecified atom stereocenters. The molecule has 0 spiro atoms. The Morgan fingerprint density at radius 3 is 2.12 bits per heavy atom. The van der Waals surface area contributed by atoms with Crippen molar-refractivity contribution in [2.75, 3.05) is 6.61 Å². The highest BCUT2D eigenvalue weighted by Gasteiger charge is 2.43. The van der Waals surface area contributed by atoms with Crippen molar-refractivity contribution >= 4 is 18.0 Å². The summed E-state index contributed by atoms with van der Waals surface area (Å²) in [7, 11) is 0. The minimum atomic E-state index is -1.28. The van der Waals surface area contributed by atoms with E-state index in [0.717, 1.165) is 41.5 Å². The first-order valence-corrected chi connectivity index (χ1v) is 12.0. The van der Waals surface area contributed by atoms with Crippen molar-refractivity contribution < 1.29 is 24.2 Å². The summed E-state index contributed by atoms with van der Waals surface area (Å²) in [6.45, 7) is 3.77. The minimum absolute atomic E-state index is 0.0775. The maximum Gasteiger partial charge on any atom is 0.407 e. The van der Waals surface area contributed by atoms with Crippen LogP contribution in [-0.2, 0) is 14.3 Å². The van der Waals surface area contributed by atoms with Gasteiger partial charge in [-0.15, -0.1) is 0 Å². The Labute approximate surface area is 199 Å². The number of aliphatic carboxylic acids is 1. The topological polar surface area (TPSA) is 105 Å².